The number of halogens is 6. The zero-order valence-corrected chi connectivity index (χ0v) is 20.5. The smallest absolute Gasteiger partial charge is 0.465 e. The summed E-state index contributed by atoms with van der Waals surface area (Å²) in [6.07, 6.45) is -7.41. The fraction of sp³-hybridized carbons (Fsp3) is 0.231. The summed E-state index contributed by atoms with van der Waals surface area (Å²) in [5, 5.41) is 2.70. The maximum Gasteiger partial charge on any atom is 0.573 e. The van der Waals surface area contributed by atoms with Crippen molar-refractivity contribution in [2.24, 2.45) is 0 Å². The molecule has 0 aliphatic heterocycles. The van der Waals surface area contributed by atoms with Gasteiger partial charge in [-0.3, -0.25) is 4.40 Å². The van der Waals surface area contributed by atoms with Crippen LogP contribution in [0.4, 0.5) is 32.0 Å². The summed E-state index contributed by atoms with van der Waals surface area (Å²) in [4.78, 5) is 16.3. The van der Waals surface area contributed by atoms with E-state index in [-0.39, 0.29) is 22.8 Å². The molecule has 0 spiro atoms. The topological polar surface area (TPSA) is 74.1 Å². The van der Waals surface area contributed by atoms with Crippen LogP contribution in [0.15, 0.2) is 60.9 Å². The van der Waals surface area contributed by atoms with Crippen LogP contribution in [-0.4, -0.2) is 41.5 Å². The Morgan fingerprint density at radius 2 is 1.74 bits per heavy atom. The summed E-state index contributed by atoms with van der Waals surface area (Å²) in [6.45, 7) is 1.26. The van der Waals surface area contributed by atoms with Crippen molar-refractivity contribution in [3.05, 3.63) is 72.1 Å². The Bertz CT molecular complexity index is 1500. The molecule has 7 nitrogen and oxygen atoms in total. The van der Waals surface area contributed by atoms with Crippen LogP contribution in [0, 0.1) is 6.92 Å². The summed E-state index contributed by atoms with van der Waals surface area (Å²) in [7, 11) is 1.26. The average Bonchev–Trinajstić information content (AvgIpc) is 3.26. The third-order valence-electron chi connectivity index (χ3n) is 5.51. The number of fused-ring (bicyclic) bond motifs is 1. The monoisotopic (exact) mass is 553 g/mol. The number of hydrogen-bond donors (Lipinski definition) is 1. The first-order valence-corrected chi connectivity index (χ1v) is 11.4. The van der Waals surface area contributed by atoms with Crippen molar-refractivity contribution in [1.29, 1.82) is 0 Å². The minimum Gasteiger partial charge on any atom is -0.465 e. The number of aryl methyl sites for hydroxylation is 1. The molecule has 1 N–H and O–H groups in total. The fourth-order valence-electron chi connectivity index (χ4n) is 3.83. The van der Waals surface area contributed by atoms with Crippen LogP contribution in [0.2, 0.25) is 0 Å². The van der Waals surface area contributed by atoms with Gasteiger partial charge in [-0.25, -0.2) is 9.78 Å². The summed E-state index contributed by atoms with van der Waals surface area (Å²) in [5.74, 6) is -0.921. The predicted molar refractivity (Wildman–Crippen MR) is 129 cm³/mol. The van der Waals surface area contributed by atoms with Gasteiger partial charge in [-0.05, 0) is 36.8 Å². The highest BCUT2D eigenvalue weighted by molar-refractivity contribution is 5.91. The number of carbonyl (C=O) groups excluding carboxylic acids is 1. The summed E-state index contributed by atoms with van der Waals surface area (Å²) in [5.41, 5.74) is 2.60. The number of imidazole rings is 1. The largest absolute Gasteiger partial charge is 0.573 e. The molecule has 2 aromatic heterocycles. The van der Waals surface area contributed by atoms with E-state index in [4.69, 9.17) is 9.47 Å². The molecule has 4 rings (SSSR count). The highest BCUT2D eigenvalue weighted by atomic mass is 19.4. The van der Waals surface area contributed by atoms with Crippen LogP contribution < -0.4 is 14.8 Å². The lowest BCUT2D eigenvalue weighted by Gasteiger charge is -2.14. The first kappa shape index (κ1) is 27.6. The van der Waals surface area contributed by atoms with Crippen LogP contribution in [0.3, 0.4) is 0 Å². The van der Waals surface area contributed by atoms with Gasteiger partial charge in [0.05, 0.1) is 42.9 Å². The third-order valence-corrected chi connectivity index (χ3v) is 5.51. The second-order valence-electron chi connectivity index (χ2n) is 8.36. The SMILES string of the molecule is COC(=O)c1ccc(-c2cnc3c(NCCC(F)(F)F)cc(Oc4cccc(OC(F)(F)F)c4)cn23)cc1C. The van der Waals surface area contributed by atoms with E-state index in [0.29, 0.717) is 22.4 Å². The van der Waals surface area contributed by atoms with Gasteiger partial charge in [-0.1, -0.05) is 12.1 Å². The first-order chi connectivity index (χ1) is 18.3. The molecule has 2 heterocycles. The average molecular weight is 553 g/mol. The minimum absolute atomic E-state index is 0.00252. The minimum atomic E-state index is -4.90. The molecule has 0 bridgehead atoms. The summed E-state index contributed by atoms with van der Waals surface area (Å²) < 4.78 is 92.2. The highest BCUT2D eigenvalue weighted by Crippen LogP contribution is 2.34. The van der Waals surface area contributed by atoms with Crippen LogP contribution in [0.25, 0.3) is 16.9 Å². The number of hydrogen-bond acceptors (Lipinski definition) is 6. The van der Waals surface area contributed by atoms with Crippen molar-refractivity contribution in [3.63, 3.8) is 0 Å². The lowest BCUT2D eigenvalue weighted by atomic mass is 10.0. The Hall–Kier alpha value is -4.42. The molecule has 2 aromatic carbocycles. The molecule has 0 atom stereocenters. The Balaban J connectivity index is 1.74. The van der Waals surface area contributed by atoms with E-state index in [1.54, 1.807) is 29.5 Å². The number of methoxy groups -OCH3 is 1. The number of carbonyl (C=O) groups is 1. The number of esters is 1. The number of aromatic nitrogens is 2. The molecule has 13 heteroatoms. The summed E-state index contributed by atoms with van der Waals surface area (Å²) >= 11 is 0. The van der Waals surface area contributed by atoms with Gasteiger partial charge in [0.1, 0.15) is 17.2 Å². The van der Waals surface area contributed by atoms with Crippen molar-refractivity contribution in [3.8, 4) is 28.5 Å². The van der Waals surface area contributed by atoms with Gasteiger partial charge in [0.25, 0.3) is 0 Å². The van der Waals surface area contributed by atoms with Gasteiger partial charge < -0.3 is 19.5 Å². The molecule has 0 amide bonds. The number of ether oxygens (including phenoxy) is 3. The van der Waals surface area contributed by atoms with E-state index < -0.39 is 37.2 Å². The first-order valence-electron chi connectivity index (χ1n) is 11.4. The van der Waals surface area contributed by atoms with Crippen molar-refractivity contribution < 1.29 is 45.3 Å². The van der Waals surface area contributed by atoms with Crippen LogP contribution >= 0.6 is 0 Å². The van der Waals surface area contributed by atoms with Gasteiger partial charge in [0, 0.05) is 24.2 Å². The summed E-state index contributed by atoms with van der Waals surface area (Å²) in [6, 6.07) is 11.2. The normalized spacial score (nSPS) is 11.9. The zero-order valence-electron chi connectivity index (χ0n) is 20.5. The fourth-order valence-corrected chi connectivity index (χ4v) is 3.83. The van der Waals surface area contributed by atoms with Crippen molar-refractivity contribution in [1.82, 2.24) is 9.38 Å². The van der Waals surface area contributed by atoms with E-state index in [2.05, 4.69) is 15.0 Å². The van der Waals surface area contributed by atoms with Crippen molar-refractivity contribution >= 4 is 17.3 Å². The van der Waals surface area contributed by atoms with E-state index in [1.807, 2.05) is 0 Å². The Morgan fingerprint density at radius 3 is 2.41 bits per heavy atom. The number of rotatable bonds is 8. The van der Waals surface area contributed by atoms with Crippen molar-refractivity contribution in [2.75, 3.05) is 19.0 Å². The zero-order chi connectivity index (χ0) is 28.4. The molecule has 0 unspecified atom stereocenters. The molecular weight excluding hydrogens is 532 g/mol. The quantitative estimate of drug-likeness (QED) is 0.185. The van der Waals surface area contributed by atoms with Gasteiger partial charge in [-0.2, -0.15) is 13.2 Å². The molecular formula is C26H21F6N3O4. The molecule has 4 aromatic rings. The lowest BCUT2D eigenvalue weighted by Crippen LogP contribution is -2.17. The van der Waals surface area contributed by atoms with Gasteiger partial charge in [0.15, 0.2) is 5.65 Å². The van der Waals surface area contributed by atoms with E-state index in [0.717, 1.165) is 12.1 Å². The Kier molecular flexibility index (Phi) is 7.61. The molecule has 0 aliphatic carbocycles. The molecule has 0 saturated carbocycles. The van der Waals surface area contributed by atoms with E-state index in [9.17, 15) is 31.1 Å². The number of pyridine rings is 1. The maximum absolute atomic E-state index is 12.8. The Labute approximate surface area is 217 Å². The predicted octanol–water partition coefficient (Wildman–Crippen LogP) is 7.15. The highest BCUT2D eigenvalue weighted by Gasteiger charge is 2.31. The van der Waals surface area contributed by atoms with Gasteiger partial charge >= 0.3 is 18.5 Å². The van der Waals surface area contributed by atoms with Gasteiger partial charge in [-0.15, -0.1) is 13.2 Å². The lowest BCUT2D eigenvalue weighted by molar-refractivity contribution is -0.274. The molecule has 0 fully saturated rings. The van der Waals surface area contributed by atoms with Crippen LogP contribution in [-0.2, 0) is 4.74 Å². The number of alkyl halides is 6. The number of nitrogens with zero attached hydrogens (tertiary/aromatic N) is 2. The molecule has 0 radical (unpaired) electrons. The Morgan fingerprint density at radius 1 is 1.00 bits per heavy atom. The van der Waals surface area contributed by atoms with Crippen LogP contribution in [0.5, 0.6) is 17.2 Å². The van der Waals surface area contributed by atoms with Crippen LogP contribution in [0.1, 0.15) is 22.3 Å². The second-order valence-corrected chi connectivity index (χ2v) is 8.36. The van der Waals surface area contributed by atoms with E-state index >= 15 is 0 Å². The van der Waals surface area contributed by atoms with Crippen molar-refractivity contribution in [2.45, 2.75) is 25.9 Å². The second kappa shape index (κ2) is 10.8. The maximum atomic E-state index is 12.8. The number of anilines is 1. The third kappa shape index (κ3) is 6.92. The van der Waals surface area contributed by atoms with Gasteiger partial charge in [0.2, 0.25) is 0 Å². The number of benzene rings is 2. The standard InChI is InChI=1S/C26H21F6N3O4/c1-15-10-16(6-7-20(15)24(36)37-2)22-13-34-23-21(33-9-8-25(27,28)29)12-19(14-35(22)23)38-17-4-3-5-18(11-17)39-26(30,31)32/h3-7,10-14,33H,8-9H2,1-2H3. The molecule has 206 valence electrons. The molecule has 0 aliphatic rings. The van der Waals surface area contributed by atoms with E-state index in [1.165, 1.54) is 37.7 Å². The number of nitrogens with one attached hydrogen (secondary N) is 1. The molecule has 39 heavy (non-hydrogen) atoms. The molecule has 0 saturated heterocycles.